The van der Waals surface area contributed by atoms with Crippen LogP contribution in [0.3, 0.4) is 0 Å². The first-order valence-corrected chi connectivity index (χ1v) is 15.9. The van der Waals surface area contributed by atoms with Crippen molar-refractivity contribution in [2.45, 2.75) is 43.6 Å². The fourth-order valence-electron chi connectivity index (χ4n) is 4.84. The van der Waals surface area contributed by atoms with E-state index in [1.54, 1.807) is 6.07 Å². The Hall–Kier alpha value is -3.35. The van der Waals surface area contributed by atoms with Gasteiger partial charge < -0.3 is 18.9 Å². The number of anilines is 1. The first kappa shape index (κ1) is 29.7. The smallest absolute Gasteiger partial charge is 0.387 e. The third-order valence-corrected chi connectivity index (χ3v) is 10.0. The first-order valence-electron chi connectivity index (χ1n) is 13.6. The minimum atomic E-state index is -3.76. The Labute approximate surface area is 256 Å². The monoisotopic (exact) mass is 654 g/mol. The van der Waals surface area contributed by atoms with Gasteiger partial charge >= 0.3 is 12.6 Å². The molecule has 2 aliphatic carbocycles. The van der Waals surface area contributed by atoms with Crippen LogP contribution in [-0.4, -0.2) is 44.4 Å². The lowest BCUT2D eigenvalue weighted by Gasteiger charge is -2.22. The van der Waals surface area contributed by atoms with Gasteiger partial charge in [-0.3, -0.25) is 9.71 Å². The average molecular weight is 656 g/mol. The molecule has 9 nitrogen and oxygen atoms in total. The second kappa shape index (κ2) is 12.0. The zero-order valence-electron chi connectivity index (χ0n) is 22.5. The van der Waals surface area contributed by atoms with Crippen molar-refractivity contribution in [1.29, 1.82) is 0 Å². The van der Waals surface area contributed by atoms with Crippen molar-refractivity contribution in [3.05, 3.63) is 75.5 Å². The Balaban J connectivity index is 1.34. The van der Waals surface area contributed by atoms with Gasteiger partial charge in [0.1, 0.15) is 11.9 Å². The topological polar surface area (TPSA) is 113 Å². The quantitative estimate of drug-likeness (QED) is 0.249. The highest BCUT2D eigenvalue weighted by atomic mass is 35.5. The number of aromatic nitrogens is 1. The predicted octanol–water partition coefficient (Wildman–Crippen LogP) is 6.44. The molecular weight excluding hydrogens is 629 g/mol. The molecule has 43 heavy (non-hydrogen) atoms. The van der Waals surface area contributed by atoms with Crippen molar-refractivity contribution in [2.24, 2.45) is 11.8 Å². The number of ether oxygens (including phenoxy) is 4. The van der Waals surface area contributed by atoms with E-state index in [0.29, 0.717) is 35.8 Å². The molecule has 1 N–H and O–H groups in total. The largest absolute Gasteiger partial charge is 0.493 e. The molecule has 6 rings (SSSR count). The molecular formula is C29H26Cl2F2N2O7S. The normalized spacial score (nSPS) is 20.8. The van der Waals surface area contributed by atoms with E-state index in [4.69, 9.17) is 37.4 Å². The Kier molecular flexibility index (Phi) is 8.27. The molecule has 0 amide bonds. The number of pyridine rings is 1. The van der Waals surface area contributed by atoms with E-state index >= 15 is 0 Å². The number of nitrogens with one attached hydrogen (secondary N) is 1. The predicted molar refractivity (Wildman–Crippen MR) is 154 cm³/mol. The summed E-state index contributed by atoms with van der Waals surface area (Å²) in [6.07, 6.45) is 4.12. The zero-order chi connectivity index (χ0) is 30.3. The average Bonchev–Trinajstić information content (AvgIpc) is 3.88. The van der Waals surface area contributed by atoms with Crippen molar-refractivity contribution in [3.63, 3.8) is 0 Å². The van der Waals surface area contributed by atoms with E-state index in [1.807, 2.05) is 0 Å². The van der Waals surface area contributed by atoms with Gasteiger partial charge in [0.2, 0.25) is 10.0 Å². The van der Waals surface area contributed by atoms with Crippen LogP contribution in [-0.2, 0) is 21.2 Å². The summed E-state index contributed by atoms with van der Waals surface area (Å²) in [5, 5.41) is -0.162. The summed E-state index contributed by atoms with van der Waals surface area (Å²) in [6.45, 7) is -2.51. The number of alkyl halides is 2. The van der Waals surface area contributed by atoms with Crippen LogP contribution in [0.25, 0.3) is 0 Å². The molecule has 3 aliphatic rings. The van der Waals surface area contributed by atoms with Crippen LogP contribution >= 0.6 is 23.2 Å². The fourth-order valence-corrected chi connectivity index (χ4v) is 7.08. The first-order chi connectivity index (χ1) is 20.6. The maximum absolute atomic E-state index is 13.7. The molecule has 1 aromatic heterocycles. The number of carbonyl (C=O) groups is 1. The van der Waals surface area contributed by atoms with Crippen LogP contribution in [0.4, 0.5) is 14.5 Å². The van der Waals surface area contributed by atoms with Gasteiger partial charge in [0.15, 0.2) is 11.5 Å². The SMILES string of the molecule is O=C(OC(Cc1c(Cl)cncc1Cl)c1ccc(OC(F)F)c(OCC2CC2)c1)c1ccc2cc1NS(=O)(=O)C1CC1CO2. The summed E-state index contributed by atoms with van der Waals surface area (Å²) in [5.41, 5.74) is 0.781. The van der Waals surface area contributed by atoms with Gasteiger partial charge in [-0.05, 0) is 60.6 Å². The number of hydrogen-bond donors (Lipinski definition) is 1. The minimum Gasteiger partial charge on any atom is -0.493 e. The lowest BCUT2D eigenvalue weighted by molar-refractivity contribution is -0.0515. The summed E-state index contributed by atoms with van der Waals surface area (Å²) >= 11 is 12.8. The molecule has 0 saturated heterocycles. The van der Waals surface area contributed by atoms with Crippen LogP contribution in [0, 0.1) is 11.8 Å². The number of benzene rings is 2. The van der Waals surface area contributed by atoms with Gasteiger partial charge in [-0.15, -0.1) is 0 Å². The third kappa shape index (κ3) is 6.91. The lowest BCUT2D eigenvalue weighted by atomic mass is 10.0. The molecule has 0 radical (unpaired) electrons. The molecule has 2 saturated carbocycles. The molecule has 2 fully saturated rings. The molecule has 0 spiro atoms. The number of carbonyl (C=O) groups excluding carboxylic acids is 1. The number of sulfonamides is 1. The van der Waals surface area contributed by atoms with Crippen LogP contribution < -0.4 is 18.9 Å². The van der Waals surface area contributed by atoms with Gasteiger partial charge in [-0.1, -0.05) is 29.3 Å². The standard InChI is InChI=1S/C29H26Cl2F2N2O7S/c30-21-11-34-12-22(31)20(21)10-25(16-3-6-24(42-29(32)33)26(7-16)40-13-15-1-2-15)41-28(36)19-5-4-18-9-23(19)35-43(37,38)27-8-17(27)14-39-18/h3-7,9,11-12,15,17,25,27,29,35H,1-2,8,10,13-14H2. The van der Waals surface area contributed by atoms with Crippen molar-refractivity contribution >= 4 is 44.9 Å². The molecule has 2 heterocycles. The second-order valence-corrected chi connectivity index (χ2v) is 13.4. The molecule has 1 aliphatic heterocycles. The molecule has 228 valence electrons. The number of nitrogens with zero attached hydrogens (tertiary/aromatic N) is 1. The second-order valence-electron chi connectivity index (χ2n) is 10.7. The number of halogens is 4. The molecule has 3 aromatic rings. The van der Waals surface area contributed by atoms with Gasteiger partial charge in [-0.25, -0.2) is 13.2 Å². The van der Waals surface area contributed by atoms with Crippen molar-refractivity contribution in [1.82, 2.24) is 4.98 Å². The number of rotatable bonds is 10. The van der Waals surface area contributed by atoms with E-state index < -0.39 is 34.0 Å². The van der Waals surface area contributed by atoms with E-state index in [0.717, 1.165) is 12.8 Å². The molecule has 2 aromatic carbocycles. The zero-order valence-corrected chi connectivity index (χ0v) is 24.8. The Bertz CT molecular complexity index is 1640. The summed E-state index contributed by atoms with van der Waals surface area (Å²) < 4.78 is 76.8. The minimum absolute atomic E-state index is 0.0166. The van der Waals surface area contributed by atoms with Crippen LogP contribution in [0.1, 0.15) is 46.9 Å². The molecule has 2 bridgehead atoms. The fraction of sp³-hybridized carbons (Fsp3) is 0.379. The highest BCUT2D eigenvalue weighted by Crippen LogP contribution is 2.42. The highest BCUT2D eigenvalue weighted by molar-refractivity contribution is 7.93. The van der Waals surface area contributed by atoms with Crippen molar-refractivity contribution in [2.75, 3.05) is 17.9 Å². The number of fused-ring (bicyclic) bond motifs is 3. The molecule has 3 atom stereocenters. The van der Waals surface area contributed by atoms with E-state index in [2.05, 4.69) is 14.4 Å². The van der Waals surface area contributed by atoms with E-state index in [-0.39, 0.29) is 51.7 Å². The van der Waals surface area contributed by atoms with E-state index in [1.165, 1.54) is 42.7 Å². The Morgan fingerprint density at radius 1 is 1.09 bits per heavy atom. The highest BCUT2D eigenvalue weighted by Gasteiger charge is 2.48. The van der Waals surface area contributed by atoms with Gasteiger partial charge in [0.25, 0.3) is 0 Å². The Morgan fingerprint density at radius 3 is 2.58 bits per heavy atom. The molecule has 3 unspecified atom stereocenters. The lowest BCUT2D eigenvalue weighted by Crippen LogP contribution is -2.22. The summed E-state index contributed by atoms with van der Waals surface area (Å²) in [5.74, 6) is -0.362. The van der Waals surface area contributed by atoms with Crippen molar-refractivity contribution < 1.29 is 40.9 Å². The third-order valence-electron chi connectivity index (χ3n) is 7.50. The van der Waals surface area contributed by atoms with Gasteiger partial charge in [0.05, 0.1) is 39.8 Å². The van der Waals surface area contributed by atoms with Crippen LogP contribution in [0.2, 0.25) is 10.0 Å². The number of hydrogen-bond acceptors (Lipinski definition) is 8. The van der Waals surface area contributed by atoms with E-state index in [9.17, 15) is 22.0 Å². The maximum Gasteiger partial charge on any atom is 0.387 e. The Morgan fingerprint density at radius 2 is 1.86 bits per heavy atom. The van der Waals surface area contributed by atoms with Crippen LogP contribution in [0.15, 0.2) is 48.8 Å². The van der Waals surface area contributed by atoms with Crippen LogP contribution in [0.5, 0.6) is 17.2 Å². The molecule has 14 heteroatoms. The summed E-state index contributed by atoms with van der Waals surface area (Å²) in [4.78, 5) is 17.6. The van der Waals surface area contributed by atoms with Gasteiger partial charge in [0, 0.05) is 30.8 Å². The van der Waals surface area contributed by atoms with Crippen molar-refractivity contribution in [3.8, 4) is 17.2 Å². The van der Waals surface area contributed by atoms with Gasteiger partial charge in [-0.2, -0.15) is 8.78 Å². The summed E-state index contributed by atoms with van der Waals surface area (Å²) in [7, 11) is -3.76. The maximum atomic E-state index is 13.7. The number of esters is 1. The summed E-state index contributed by atoms with van der Waals surface area (Å²) in [6, 6.07) is 8.66.